The molecule has 108 valence electrons. The van der Waals surface area contributed by atoms with Crippen molar-refractivity contribution in [3.8, 4) is 0 Å². The Morgan fingerprint density at radius 3 is 3.10 bits per heavy atom. The Kier molecular flexibility index (Phi) is 4.03. The molecule has 1 aromatic rings. The zero-order valence-corrected chi connectivity index (χ0v) is 11.8. The summed E-state index contributed by atoms with van der Waals surface area (Å²) in [5.74, 6) is 0.683. The lowest BCUT2D eigenvalue weighted by atomic mass is 9.92. The molecule has 0 spiro atoms. The maximum Gasteiger partial charge on any atom is 0.220 e. The Morgan fingerprint density at radius 1 is 1.45 bits per heavy atom. The minimum Gasteiger partial charge on any atom is -0.376 e. The maximum absolute atomic E-state index is 11.6. The van der Waals surface area contributed by atoms with Crippen LogP contribution in [0.15, 0.2) is 12.5 Å². The van der Waals surface area contributed by atoms with Gasteiger partial charge in [0.05, 0.1) is 24.4 Å². The van der Waals surface area contributed by atoms with Gasteiger partial charge < -0.3 is 15.4 Å². The van der Waals surface area contributed by atoms with E-state index in [0.29, 0.717) is 17.3 Å². The summed E-state index contributed by atoms with van der Waals surface area (Å²) in [6.07, 6.45) is 6.34. The summed E-state index contributed by atoms with van der Waals surface area (Å²) in [6.45, 7) is 0.762. The van der Waals surface area contributed by atoms with Gasteiger partial charge in [-0.25, -0.2) is 9.97 Å². The summed E-state index contributed by atoms with van der Waals surface area (Å²) in [5, 5.41) is 6.84. The number of hydrogen-bond acceptors (Lipinski definition) is 5. The molecule has 2 N–H and O–H groups in total. The average Bonchev–Trinajstić information content (AvgIpc) is 2.97. The van der Waals surface area contributed by atoms with Crippen molar-refractivity contribution in [2.45, 2.75) is 43.9 Å². The van der Waals surface area contributed by atoms with Crippen molar-refractivity contribution in [3.05, 3.63) is 17.5 Å². The molecule has 1 amide bonds. The second-order valence-corrected chi connectivity index (χ2v) is 5.56. The van der Waals surface area contributed by atoms with Gasteiger partial charge in [0, 0.05) is 13.0 Å². The van der Waals surface area contributed by atoms with E-state index < -0.39 is 0 Å². The van der Waals surface area contributed by atoms with Gasteiger partial charge in [0.1, 0.15) is 17.2 Å². The monoisotopic (exact) mass is 296 g/mol. The van der Waals surface area contributed by atoms with E-state index in [4.69, 9.17) is 16.3 Å². The van der Waals surface area contributed by atoms with E-state index in [9.17, 15) is 4.79 Å². The summed E-state index contributed by atoms with van der Waals surface area (Å²) in [5.41, 5.74) is 0. The molecule has 20 heavy (non-hydrogen) atoms. The molecule has 3 heterocycles. The molecule has 1 unspecified atom stereocenters. The molecule has 2 aliphatic heterocycles. The van der Waals surface area contributed by atoms with Crippen LogP contribution >= 0.6 is 11.6 Å². The Hall–Kier alpha value is -1.40. The fourth-order valence-corrected chi connectivity index (χ4v) is 2.98. The van der Waals surface area contributed by atoms with Crippen LogP contribution in [0.3, 0.4) is 0 Å². The molecule has 0 aliphatic carbocycles. The van der Waals surface area contributed by atoms with Crippen molar-refractivity contribution in [3.63, 3.8) is 0 Å². The third kappa shape index (κ3) is 2.86. The van der Waals surface area contributed by atoms with Crippen LogP contribution in [0.5, 0.6) is 0 Å². The van der Waals surface area contributed by atoms with Crippen molar-refractivity contribution in [2.24, 2.45) is 0 Å². The molecule has 1 aromatic heterocycles. The smallest absolute Gasteiger partial charge is 0.220 e. The number of ether oxygens (including phenoxy) is 1. The van der Waals surface area contributed by atoms with E-state index in [-0.39, 0.29) is 24.1 Å². The summed E-state index contributed by atoms with van der Waals surface area (Å²) < 4.78 is 5.72. The Morgan fingerprint density at radius 2 is 2.35 bits per heavy atom. The largest absolute Gasteiger partial charge is 0.376 e. The zero-order valence-electron chi connectivity index (χ0n) is 11.0. The van der Waals surface area contributed by atoms with Crippen LogP contribution in [0.4, 0.5) is 5.82 Å². The number of aromatic nitrogens is 2. The highest BCUT2D eigenvalue weighted by Gasteiger charge is 2.37. The molecule has 0 saturated carbocycles. The van der Waals surface area contributed by atoms with Crippen LogP contribution in [-0.4, -0.2) is 40.7 Å². The molecule has 6 nitrogen and oxygen atoms in total. The normalized spacial score (nSPS) is 30.1. The molecular weight excluding hydrogens is 280 g/mol. The zero-order chi connectivity index (χ0) is 13.9. The van der Waals surface area contributed by atoms with Crippen LogP contribution in [0.25, 0.3) is 0 Å². The summed E-state index contributed by atoms with van der Waals surface area (Å²) in [6, 6.07) is 0.0352. The van der Waals surface area contributed by atoms with Gasteiger partial charge in [-0.3, -0.25) is 4.79 Å². The van der Waals surface area contributed by atoms with Crippen molar-refractivity contribution in [1.82, 2.24) is 15.3 Å². The van der Waals surface area contributed by atoms with Gasteiger partial charge in [0.2, 0.25) is 5.91 Å². The number of carbonyl (C=O) groups is 1. The van der Waals surface area contributed by atoms with Crippen molar-refractivity contribution < 1.29 is 9.53 Å². The average molecular weight is 297 g/mol. The summed E-state index contributed by atoms with van der Waals surface area (Å²) in [7, 11) is 0. The van der Waals surface area contributed by atoms with Crippen molar-refractivity contribution in [2.75, 3.05) is 11.9 Å². The van der Waals surface area contributed by atoms with E-state index in [2.05, 4.69) is 20.6 Å². The van der Waals surface area contributed by atoms with Gasteiger partial charge >= 0.3 is 0 Å². The van der Waals surface area contributed by atoms with E-state index in [0.717, 1.165) is 25.9 Å². The van der Waals surface area contributed by atoms with Gasteiger partial charge in [-0.05, 0) is 19.3 Å². The van der Waals surface area contributed by atoms with E-state index in [1.54, 1.807) is 6.20 Å². The van der Waals surface area contributed by atoms with E-state index >= 15 is 0 Å². The Bertz CT molecular complexity index is 493. The maximum atomic E-state index is 11.6. The highest BCUT2D eigenvalue weighted by Crippen LogP contribution is 2.26. The molecule has 0 bridgehead atoms. The number of carbonyl (C=O) groups excluding carboxylic acids is 1. The van der Waals surface area contributed by atoms with Gasteiger partial charge in [-0.2, -0.15) is 0 Å². The Labute approximate surface area is 122 Å². The number of piperidine rings is 1. The first-order valence-electron chi connectivity index (χ1n) is 6.87. The van der Waals surface area contributed by atoms with E-state index in [1.165, 1.54) is 6.33 Å². The van der Waals surface area contributed by atoms with Gasteiger partial charge in [-0.15, -0.1) is 0 Å². The van der Waals surface area contributed by atoms with Crippen molar-refractivity contribution in [1.29, 1.82) is 0 Å². The van der Waals surface area contributed by atoms with Gasteiger partial charge in [-0.1, -0.05) is 11.6 Å². The topological polar surface area (TPSA) is 76.1 Å². The first kappa shape index (κ1) is 13.6. The highest BCUT2D eigenvalue weighted by atomic mass is 35.5. The minimum absolute atomic E-state index is 0.0372. The molecule has 3 rings (SSSR count). The first-order chi connectivity index (χ1) is 9.74. The number of amides is 1. The molecular formula is C13H17ClN4O2. The minimum atomic E-state index is -0.0372. The van der Waals surface area contributed by atoms with Crippen LogP contribution in [0.2, 0.25) is 5.02 Å². The molecule has 0 aromatic carbocycles. The Balaban J connectivity index is 1.75. The van der Waals surface area contributed by atoms with Gasteiger partial charge in [0.25, 0.3) is 0 Å². The third-order valence-electron chi connectivity index (χ3n) is 3.80. The van der Waals surface area contributed by atoms with Gasteiger partial charge in [0.15, 0.2) is 0 Å². The SMILES string of the molecule is O=C1CC[C@@H](Nc2ncncc2Cl)[C@H](C2CCCO2)N1. The fraction of sp³-hybridized carbons (Fsp3) is 0.615. The second kappa shape index (κ2) is 5.93. The fourth-order valence-electron chi connectivity index (χ4n) is 2.82. The predicted molar refractivity (Wildman–Crippen MR) is 74.6 cm³/mol. The third-order valence-corrected chi connectivity index (χ3v) is 4.08. The van der Waals surface area contributed by atoms with Crippen molar-refractivity contribution >= 4 is 23.3 Å². The molecule has 2 fully saturated rings. The molecule has 7 heteroatoms. The lowest BCUT2D eigenvalue weighted by Gasteiger charge is -2.36. The number of anilines is 1. The van der Waals surface area contributed by atoms with Crippen LogP contribution in [0.1, 0.15) is 25.7 Å². The molecule has 3 atom stereocenters. The van der Waals surface area contributed by atoms with E-state index in [1.807, 2.05) is 0 Å². The summed E-state index contributed by atoms with van der Waals surface area (Å²) >= 11 is 6.07. The number of nitrogens with zero attached hydrogens (tertiary/aromatic N) is 2. The van der Waals surface area contributed by atoms with Crippen LogP contribution in [-0.2, 0) is 9.53 Å². The second-order valence-electron chi connectivity index (χ2n) is 5.15. The number of nitrogens with one attached hydrogen (secondary N) is 2. The quantitative estimate of drug-likeness (QED) is 0.881. The van der Waals surface area contributed by atoms with Crippen LogP contribution in [0, 0.1) is 0 Å². The highest BCUT2D eigenvalue weighted by molar-refractivity contribution is 6.32. The number of rotatable bonds is 3. The predicted octanol–water partition coefficient (Wildman–Crippen LogP) is 1.37. The first-order valence-corrected chi connectivity index (χ1v) is 7.25. The number of halogens is 1. The molecule has 0 radical (unpaired) electrons. The molecule has 2 saturated heterocycles. The number of hydrogen-bond donors (Lipinski definition) is 2. The van der Waals surface area contributed by atoms with Crippen LogP contribution < -0.4 is 10.6 Å². The molecule has 2 aliphatic rings. The lowest BCUT2D eigenvalue weighted by Crippen LogP contribution is -2.56. The summed E-state index contributed by atoms with van der Waals surface area (Å²) in [4.78, 5) is 19.7. The lowest BCUT2D eigenvalue weighted by molar-refractivity contribution is -0.124. The standard InChI is InChI=1S/C13H17ClN4O2/c14-8-6-15-7-16-13(8)17-9-3-4-11(19)18-12(9)10-2-1-5-20-10/h6-7,9-10,12H,1-5H2,(H,18,19)(H,15,16,17)/t9-,10?,12-/m1/s1.